The molecule has 0 N–H and O–H groups in total. The minimum Gasteiger partial charge on any atom is -0.494 e. The topological polar surface area (TPSA) is 9.23 Å². The molecule has 0 spiro atoms. The van der Waals surface area contributed by atoms with Gasteiger partial charge in [0.2, 0.25) is 0 Å². The summed E-state index contributed by atoms with van der Waals surface area (Å²) in [7, 11) is 0. The molecule has 0 aliphatic carbocycles. The van der Waals surface area contributed by atoms with Crippen molar-refractivity contribution >= 4 is 0 Å². The number of hydrogen-bond acceptors (Lipinski definition) is 1. The Bertz CT molecular complexity index is 697. The van der Waals surface area contributed by atoms with Crippen LogP contribution in [0.5, 0.6) is 5.75 Å². The van der Waals surface area contributed by atoms with Crippen LogP contribution in [0.15, 0.2) is 78.9 Å². The van der Waals surface area contributed by atoms with Crippen molar-refractivity contribution in [1.29, 1.82) is 0 Å². The van der Waals surface area contributed by atoms with E-state index in [1.54, 1.807) is 0 Å². The van der Waals surface area contributed by atoms with Crippen molar-refractivity contribution in [2.45, 2.75) is 13.3 Å². The maximum Gasteiger partial charge on any atom is 0.119 e. The lowest BCUT2D eigenvalue weighted by molar-refractivity contribution is 0.340. The standard InChI is InChI=1S/C21H20O/c1-2-22-21-14-12-20(13-15-21)19-10-8-18(9-11-19)16-17-6-4-3-5-7-17/h3-15H,2,16H2,1H3. The lowest BCUT2D eigenvalue weighted by Gasteiger charge is -2.07. The molecule has 1 nitrogen and oxygen atoms in total. The zero-order valence-electron chi connectivity index (χ0n) is 12.8. The lowest BCUT2D eigenvalue weighted by Crippen LogP contribution is -1.91. The fraction of sp³-hybridized carbons (Fsp3) is 0.143. The molecule has 1 heteroatoms. The van der Waals surface area contributed by atoms with Crippen LogP contribution in [-0.4, -0.2) is 6.61 Å². The van der Waals surface area contributed by atoms with Crippen molar-refractivity contribution < 1.29 is 4.74 Å². The molecule has 3 aromatic rings. The fourth-order valence-electron chi connectivity index (χ4n) is 2.56. The molecular formula is C21H20O. The maximum atomic E-state index is 5.48. The van der Waals surface area contributed by atoms with E-state index in [9.17, 15) is 0 Å². The van der Waals surface area contributed by atoms with Crippen LogP contribution in [0.25, 0.3) is 11.1 Å². The van der Waals surface area contributed by atoms with Gasteiger partial charge in [-0.3, -0.25) is 0 Å². The van der Waals surface area contributed by atoms with Crippen molar-refractivity contribution in [3.63, 3.8) is 0 Å². The van der Waals surface area contributed by atoms with Crippen LogP contribution in [0.2, 0.25) is 0 Å². The molecule has 0 aliphatic heterocycles. The summed E-state index contributed by atoms with van der Waals surface area (Å²) in [5.74, 6) is 0.923. The third-order valence-corrected chi connectivity index (χ3v) is 3.70. The average Bonchev–Trinajstić information content (AvgIpc) is 2.58. The molecule has 0 bridgehead atoms. The number of rotatable bonds is 5. The van der Waals surface area contributed by atoms with Gasteiger partial charge in [-0.1, -0.05) is 66.7 Å². The summed E-state index contributed by atoms with van der Waals surface area (Å²) >= 11 is 0. The zero-order chi connectivity index (χ0) is 15.2. The smallest absolute Gasteiger partial charge is 0.119 e. The second-order valence-electron chi connectivity index (χ2n) is 5.32. The maximum absolute atomic E-state index is 5.48. The molecule has 0 aromatic heterocycles. The Morgan fingerprint density at radius 3 is 1.77 bits per heavy atom. The first kappa shape index (κ1) is 14.4. The molecule has 3 aromatic carbocycles. The Labute approximate surface area is 132 Å². The van der Waals surface area contributed by atoms with Crippen LogP contribution in [0, 0.1) is 0 Å². The first-order valence-electron chi connectivity index (χ1n) is 7.71. The zero-order valence-corrected chi connectivity index (χ0v) is 12.8. The largest absolute Gasteiger partial charge is 0.494 e. The van der Waals surface area contributed by atoms with Crippen molar-refractivity contribution in [3.05, 3.63) is 90.0 Å². The fourth-order valence-corrected chi connectivity index (χ4v) is 2.56. The van der Waals surface area contributed by atoms with Gasteiger partial charge in [0.05, 0.1) is 6.61 Å². The van der Waals surface area contributed by atoms with E-state index in [-0.39, 0.29) is 0 Å². The second kappa shape index (κ2) is 6.95. The molecule has 0 radical (unpaired) electrons. The normalized spacial score (nSPS) is 10.4. The summed E-state index contributed by atoms with van der Waals surface area (Å²) in [5, 5.41) is 0. The molecule has 3 rings (SSSR count). The Kier molecular flexibility index (Phi) is 4.55. The first-order chi connectivity index (χ1) is 10.8. The van der Waals surface area contributed by atoms with Gasteiger partial charge in [0.15, 0.2) is 0 Å². The van der Waals surface area contributed by atoms with Gasteiger partial charge in [-0.25, -0.2) is 0 Å². The Morgan fingerprint density at radius 2 is 1.18 bits per heavy atom. The van der Waals surface area contributed by atoms with Crippen molar-refractivity contribution in [1.82, 2.24) is 0 Å². The van der Waals surface area contributed by atoms with Crippen LogP contribution in [0.3, 0.4) is 0 Å². The molecule has 22 heavy (non-hydrogen) atoms. The second-order valence-corrected chi connectivity index (χ2v) is 5.32. The monoisotopic (exact) mass is 288 g/mol. The predicted molar refractivity (Wildman–Crippen MR) is 92.3 cm³/mol. The molecule has 0 fully saturated rings. The number of hydrogen-bond donors (Lipinski definition) is 0. The Morgan fingerprint density at radius 1 is 0.636 bits per heavy atom. The van der Waals surface area contributed by atoms with E-state index in [1.807, 2.05) is 19.1 Å². The van der Waals surface area contributed by atoms with E-state index in [4.69, 9.17) is 4.74 Å². The summed E-state index contributed by atoms with van der Waals surface area (Å²) in [6, 6.07) is 27.6. The summed E-state index contributed by atoms with van der Waals surface area (Å²) in [4.78, 5) is 0. The van der Waals surface area contributed by atoms with Gasteiger partial charge in [-0.2, -0.15) is 0 Å². The van der Waals surface area contributed by atoms with Gasteiger partial charge >= 0.3 is 0 Å². The van der Waals surface area contributed by atoms with Crippen LogP contribution in [0.4, 0.5) is 0 Å². The van der Waals surface area contributed by atoms with Gasteiger partial charge in [-0.05, 0) is 47.7 Å². The van der Waals surface area contributed by atoms with E-state index in [0.717, 1.165) is 12.2 Å². The van der Waals surface area contributed by atoms with Gasteiger partial charge in [-0.15, -0.1) is 0 Å². The molecule has 0 aliphatic rings. The van der Waals surface area contributed by atoms with Crippen molar-refractivity contribution in [2.75, 3.05) is 6.61 Å². The van der Waals surface area contributed by atoms with Crippen LogP contribution in [-0.2, 0) is 6.42 Å². The van der Waals surface area contributed by atoms with Gasteiger partial charge in [0, 0.05) is 0 Å². The Balaban J connectivity index is 1.73. The van der Waals surface area contributed by atoms with E-state index >= 15 is 0 Å². The van der Waals surface area contributed by atoms with Crippen molar-refractivity contribution in [2.24, 2.45) is 0 Å². The van der Waals surface area contributed by atoms with Gasteiger partial charge in [0.25, 0.3) is 0 Å². The molecule has 0 amide bonds. The molecule has 0 unspecified atom stereocenters. The first-order valence-corrected chi connectivity index (χ1v) is 7.71. The highest BCUT2D eigenvalue weighted by Crippen LogP contribution is 2.23. The van der Waals surface area contributed by atoms with Gasteiger partial charge in [0.1, 0.15) is 5.75 Å². The minimum absolute atomic E-state index is 0.702. The Hall–Kier alpha value is -2.54. The van der Waals surface area contributed by atoms with Crippen LogP contribution < -0.4 is 4.74 Å². The average molecular weight is 288 g/mol. The summed E-state index contributed by atoms with van der Waals surface area (Å²) in [5.41, 5.74) is 5.13. The summed E-state index contributed by atoms with van der Waals surface area (Å²) in [6.45, 7) is 2.70. The molecule has 0 heterocycles. The summed E-state index contributed by atoms with van der Waals surface area (Å²) < 4.78 is 5.48. The highest BCUT2D eigenvalue weighted by molar-refractivity contribution is 5.64. The third-order valence-electron chi connectivity index (χ3n) is 3.70. The molecule has 0 saturated heterocycles. The van der Waals surface area contributed by atoms with E-state index < -0.39 is 0 Å². The van der Waals surface area contributed by atoms with Crippen molar-refractivity contribution in [3.8, 4) is 16.9 Å². The summed E-state index contributed by atoms with van der Waals surface area (Å²) in [6.07, 6.45) is 0.977. The molecule has 0 atom stereocenters. The van der Waals surface area contributed by atoms with Crippen LogP contribution in [0.1, 0.15) is 18.1 Å². The highest BCUT2D eigenvalue weighted by atomic mass is 16.5. The van der Waals surface area contributed by atoms with Crippen LogP contribution >= 0.6 is 0 Å². The number of ether oxygens (including phenoxy) is 1. The lowest BCUT2D eigenvalue weighted by atomic mass is 10.0. The van der Waals surface area contributed by atoms with E-state index in [0.29, 0.717) is 6.61 Å². The predicted octanol–water partition coefficient (Wildman–Crippen LogP) is 5.34. The molecule has 0 saturated carbocycles. The quantitative estimate of drug-likeness (QED) is 0.615. The van der Waals surface area contributed by atoms with Gasteiger partial charge < -0.3 is 4.74 Å². The number of benzene rings is 3. The highest BCUT2D eigenvalue weighted by Gasteiger charge is 2.00. The molecule has 110 valence electrons. The van der Waals surface area contributed by atoms with E-state index in [2.05, 4.69) is 66.7 Å². The van der Waals surface area contributed by atoms with E-state index in [1.165, 1.54) is 22.3 Å². The molecular weight excluding hydrogens is 268 g/mol. The minimum atomic E-state index is 0.702. The SMILES string of the molecule is CCOc1ccc(-c2ccc(Cc3ccccc3)cc2)cc1. The third kappa shape index (κ3) is 3.56.